The third kappa shape index (κ3) is 4.38. The van der Waals surface area contributed by atoms with Gasteiger partial charge in [0.25, 0.3) is 5.91 Å². The Hall–Kier alpha value is -1.21. The number of rotatable bonds is 5. The van der Waals surface area contributed by atoms with Gasteiger partial charge >= 0.3 is 0 Å². The van der Waals surface area contributed by atoms with Gasteiger partial charge in [0.05, 0.1) is 6.54 Å². The van der Waals surface area contributed by atoms with Gasteiger partial charge < -0.3 is 5.32 Å². The van der Waals surface area contributed by atoms with Gasteiger partial charge in [0, 0.05) is 15.5 Å². The predicted octanol–water partition coefficient (Wildman–Crippen LogP) is 2.92. The fourth-order valence-electron chi connectivity index (χ4n) is 1.60. The molecule has 1 unspecified atom stereocenters. The van der Waals surface area contributed by atoms with Gasteiger partial charge in [0.15, 0.2) is 0 Å². The van der Waals surface area contributed by atoms with Crippen LogP contribution < -0.4 is 5.32 Å². The van der Waals surface area contributed by atoms with Crippen LogP contribution in [0.15, 0.2) is 40.6 Å². The lowest BCUT2D eigenvalue weighted by atomic mass is 10.2. The third-order valence-corrected chi connectivity index (χ3v) is 5.62. The highest BCUT2D eigenvalue weighted by atomic mass is 35.5. The molecule has 1 heterocycles. The number of nitrogens with one attached hydrogen (secondary N) is 1. The van der Waals surface area contributed by atoms with Gasteiger partial charge in [-0.2, -0.15) is 0 Å². The lowest BCUT2D eigenvalue weighted by molar-refractivity contribution is 0.0951. The number of benzene rings is 1. The van der Waals surface area contributed by atoms with Crippen molar-refractivity contribution in [1.29, 1.82) is 0 Å². The second-order valence-corrected chi connectivity index (χ2v) is 8.00. The highest BCUT2D eigenvalue weighted by Crippen LogP contribution is 2.21. The molecular formula is C14H15ClN2O2S2. The second-order valence-electron chi connectivity index (χ2n) is 4.47. The van der Waals surface area contributed by atoms with Gasteiger partial charge in [-0.15, -0.1) is 11.3 Å². The largest absolute Gasteiger partial charge is 0.347 e. The number of halogens is 1. The number of amides is 1. The molecule has 1 N–H and O–H groups in total. The first-order valence-corrected chi connectivity index (χ1v) is 8.49. The van der Waals surface area contributed by atoms with E-state index in [1.165, 1.54) is 11.3 Å². The number of thiophene rings is 1. The fourth-order valence-corrected chi connectivity index (χ4v) is 4.00. The highest BCUT2D eigenvalue weighted by molar-refractivity contribution is 7.85. The van der Waals surface area contributed by atoms with E-state index >= 15 is 0 Å². The summed E-state index contributed by atoms with van der Waals surface area (Å²) in [7, 11) is 2.38. The van der Waals surface area contributed by atoms with Gasteiger partial charge in [-0.1, -0.05) is 11.6 Å². The Morgan fingerprint density at radius 1 is 1.24 bits per heavy atom. The molecule has 1 aromatic heterocycles. The van der Waals surface area contributed by atoms with Crippen LogP contribution in [0.25, 0.3) is 0 Å². The number of carbonyl (C=O) groups excluding carboxylic acids is 1. The van der Waals surface area contributed by atoms with E-state index in [9.17, 15) is 9.00 Å². The lowest BCUT2D eigenvalue weighted by Gasteiger charge is -2.06. The van der Waals surface area contributed by atoms with Gasteiger partial charge in [-0.25, -0.2) is 8.51 Å². The average molecular weight is 343 g/mol. The Labute approximate surface area is 135 Å². The zero-order valence-electron chi connectivity index (χ0n) is 11.6. The third-order valence-electron chi connectivity index (χ3n) is 2.67. The average Bonchev–Trinajstić information content (AvgIpc) is 2.93. The quantitative estimate of drug-likeness (QED) is 0.908. The van der Waals surface area contributed by atoms with Crippen molar-refractivity contribution in [3.05, 3.63) is 51.9 Å². The molecule has 0 fully saturated rings. The lowest BCUT2D eigenvalue weighted by Crippen LogP contribution is -2.22. The highest BCUT2D eigenvalue weighted by Gasteiger charge is 2.11. The van der Waals surface area contributed by atoms with Gasteiger partial charge in [0.2, 0.25) is 0 Å². The van der Waals surface area contributed by atoms with Crippen LogP contribution in [0.1, 0.15) is 15.2 Å². The summed E-state index contributed by atoms with van der Waals surface area (Å²) in [6.07, 6.45) is 0. The summed E-state index contributed by atoms with van der Waals surface area (Å²) in [4.78, 5) is 12.9. The molecule has 2 rings (SSSR count). The van der Waals surface area contributed by atoms with E-state index in [1.807, 2.05) is 12.1 Å². The zero-order valence-corrected chi connectivity index (χ0v) is 14.0. The van der Waals surface area contributed by atoms with Crippen LogP contribution in [0.2, 0.25) is 5.02 Å². The minimum Gasteiger partial charge on any atom is -0.347 e. The van der Waals surface area contributed by atoms with Crippen LogP contribution >= 0.6 is 22.9 Å². The van der Waals surface area contributed by atoms with Crippen molar-refractivity contribution in [3.8, 4) is 0 Å². The molecule has 7 heteroatoms. The zero-order chi connectivity index (χ0) is 15.4. The standard InChI is InChI=1S/C14H15ClN2O2S2/c1-17(2)21(19)13-8-7-12(20-13)9-16-14(18)10-3-5-11(15)6-4-10/h3-8H,9H2,1-2H3,(H,16,18). The maximum Gasteiger partial charge on any atom is 0.251 e. The summed E-state index contributed by atoms with van der Waals surface area (Å²) in [5.74, 6) is -0.157. The van der Waals surface area contributed by atoms with Crippen LogP contribution in [0, 0.1) is 0 Å². The molecule has 0 aliphatic rings. The topological polar surface area (TPSA) is 49.4 Å². The number of carbonyl (C=O) groups is 1. The van der Waals surface area contributed by atoms with Crippen LogP contribution in [0.4, 0.5) is 0 Å². The summed E-state index contributed by atoms with van der Waals surface area (Å²) in [5, 5.41) is 3.43. The molecule has 0 radical (unpaired) electrons. The molecule has 4 nitrogen and oxygen atoms in total. The van der Waals surface area contributed by atoms with E-state index in [4.69, 9.17) is 11.6 Å². The predicted molar refractivity (Wildman–Crippen MR) is 87.0 cm³/mol. The van der Waals surface area contributed by atoms with E-state index in [1.54, 1.807) is 42.7 Å². The molecule has 2 aromatic rings. The summed E-state index contributed by atoms with van der Waals surface area (Å²) in [6, 6.07) is 10.4. The fraction of sp³-hybridized carbons (Fsp3) is 0.214. The van der Waals surface area contributed by atoms with Crippen molar-refractivity contribution < 1.29 is 9.00 Å². The van der Waals surface area contributed by atoms with E-state index in [2.05, 4.69) is 5.32 Å². The Bertz CT molecular complexity index is 653. The molecule has 1 atom stereocenters. The van der Waals surface area contributed by atoms with E-state index in [0.717, 1.165) is 9.09 Å². The smallest absolute Gasteiger partial charge is 0.251 e. The Kier molecular flexibility index (Phi) is 5.52. The van der Waals surface area contributed by atoms with Crippen LogP contribution in [-0.2, 0) is 17.5 Å². The molecule has 0 saturated heterocycles. The monoisotopic (exact) mass is 342 g/mol. The van der Waals surface area contributed by atoms with Crippen molar-refractivity contribution in [2.45, 2.75) is 10.8 Å². The van der Waals surface area contributed by atoms with Crippen LogP contribution in [-0.4, -0.2) is 28.5 Å². The van der Waals surface area contributed by atoms with Crippen molar-refractivity contribution >= 4 is 39.8 Å². The molecule has 0 saturated carbocycles. The number of nitrogens with zero attached hydrogens (tertiary/aromatic N) is 1. The maximum atomic E-state index is 12.0. The number of hydrogen-bond acceptors (Lipinski definition) is 3. The first kappa shape index (κ1) is 16.2. The molecule has 0 bridgehead atoms. The Morgan fingerprint density at radius 2 is 1.90 bits per heavy atom. The molecule has 21 heavy (non-hydrogen) atoms. The van der Waals surface area contributed by atoms with E-state index in [0.29, 0.717) is 17.1 Å². The molecule has 112 valence electrons. The van der Waals surface area contributed by atoms with Gasteiger partial charge in [-0.05, 0) is 50.5 Å². The first-order valence-electron chi connectivity index (χ1n) is 6.19. The summed E-state index contributed by atoms with van der Waals surface area (Å²) >= 11 is 7.22. The van der Waals surface area contributed by atoms with Crippen LogP contribution in [0.3, 0.4) is 0 Å². The minimum absolute atomic E-state index is 0.157. The summed E-state index contributed by atoms with van der Waals surface area (Å²) in [6.45, 7) is 0.413. The minimum atomic E-state index is -1.14. The second kappa shape index (κ2) is 7.17. The van der Waals surface area contributed by atoms with Crippen molar-refractivity contribution in [3.63, 3.8) is 0 Å². The van der Waals surface area contributed by atoms with E-state index < -0.39 is 11.0 Å². The van der Waals surface area contributed by atoms with Crippen molar-refractivity contribution in [1.82, 2.24) is 9.62 Å². The summed E-state index contributed by atoms with van der Waals surface area (Å²) in [5.41, 5.74) is 0.563. The van der Waals surface area contributed by atoms with Gasteiger partial charge in [-0.3, -0.25) is 4.79 Å². The molecule has 1 aromatic carbocycles. The van der Waals surface area contributed by atoms with Crippen LogP contribution in [0.5, 0.6) is 0 Å². The normalized spacial score (nSPS) is 12.4. The molecule has 0 aliphatic heterocycles. The first-order chi connectivity index (χ1) is 9.97. The van der Waals surface area contributed by atoms with Gasteiger partial charge in [0.1, 0.15) is 15.2 Å². The molecular weight excluding hydrogens is 328 g/mol. The van der Waals surface area contributed by atoms with Crippen molar-refractivity contribution in [2.24, 2.45) is 0 Å². The number of hydrogen-bond donors (Lipinski definition) is 1. The van der Waals surface area contributed by atoms with Crippen molar-refractivity contribution in [2.75, 3.05) is 14.1 Å². The Balaban J connectivity index is 1.95. The molecule has 1 amide bonds. The Morgan fingerprint density at radius 3 is 2.52 bits per heavy atom. The molecule has 0 aliphatic carbocycles. The van der Waals surface area contributed by atoms with E-state index in [-0.39, 0.29) is 5.91 Å². The summed E-state index contributed by atoms with van der Waals surface area (Å²) < 4.78 is 14.3. The maximum absolute atomic E-state index is 12.0. The SMILES string of the molecule is CN(C)S(=O)c1ccc(CNC(=O)c2ccc(Cl)cc2)s1. The molecule has 0 spiro atoms.